The zero-order chi connectivity index (χ0) is 13.0. The van der Waals surface area contributed by atoms with Crippen LogP contribution in [0.3, 0.4) is 0 Å². The van der Waals surface area contributed by atoms with E-state index in [0.29, 0.717) is 18.1 Å². The highest BCUT2D eigenvalue weighted by molar-refractivity contribution is 9.09. The number of ether oxygens (including phenoxy) is 1. The van der Waals surface area contributed by atoms with E-state index in [1.807, 2.05) is 0 Å². The SMILES string of the molecule is CC1OCCC1N(C)CC(CBr)c1ccccc1. The van der Waals surface area contributed by atoms with Gasteiger partial charge in [0.15, 0.2) is 0 Å². The van der Waals surface area contributed by atoms with Crippen LogP contribution in [-0.2, 0) is 4.74 Å². The molecule has 3 atom stereocenters. The monoisotopic (exact) mass is 311 g/mol. The topological polar surface area (TPSA) is 12.5 Å². The lowest BCUT2D eigenvalue weighted by molar-refractivity contribution is 0.0823. The Hall–Kier alpha value is -0.380. The van der Waals surface area contributed by atoms with Crippen LogP contribution in [0, 0.1) is 0 Å². The molecule has 1 fully saturated rings. The van der Waals surface area contributed by atoms with Crippen molar-refractivity contribution in [3.8, 4) is 0 Å². The Kier molecular flexibility index (Phi) is 5.22. The van der Waals surface area contributed by atoms with E-state index in [1.165, 1.54) is 5.56 Å². The number of likely N-dealkylation sites (N-methyl/N-ethyl adjacent to an activating group) is 1. The molecule has 1 heterocycles. The molecule has 0 spiro atoms. The first-order chi connectivity index (χ1) is 8.72. The van der Waals surface area contributed by atoms with Crippen LogP contribution in [0.4, 0.5) is 0 Å². The average Bonchev–Trinajstić information content (AvgIpc) is 2.83. The number of hydrogen-bond donors (Lipinski definition) is 0. The van der Waals surface area contributed by atoms with Gasteiger partial charge >= 0.3 is 0 Å². The maximum atomic E-state index is 5.65. The van der Waals surface area contributed by atoms with Gasteiger partial charge in [0, 0.05) is 30.4 Å². The summed E-state index contributed by atoms with van der Waals surface area (Å²) in [6.45, 7) is 4.16. The highest BCUT2D eigenvalue weighted by Crippen LogP contribution is 2.24. The van der Waals surface area contributed by atoms with Crippen LogP contribution < -0.4 is 0 Å². The van der Waals surface area contributed by atoms with Gasteiger partial charge in [0.25, 0.3) is 0 Å². The molecule has 1 saturated heterocycles. The molecule has 1 aliphatic rings. The molecule has 0 aromatic heterocycles. The minimum atomic E-state index is 0.363. The van der Waals surface area contributed by atoms with E-state index in [9.17, 15) is 0 Å². The molecular weight excluding hydrogens is 290 g/mol. The number of nitrogens with zero attached hydrogens (tertiary/aromatic N) is 1. The number of benzene rings is 1. The Balaban J connectivity index is 1.98. The Labute approximate surface area is 118 Å². The first-order valence-electron chi connectivity index (χ1n) is 6.65. The fraction of sp³-hybridized carbons (Fsp3) is 0.600. The fourth-order valence-corrected chi connectivity index (χ4v) is 3.33. The molecule has 2 rings (SSSR count). The lowest BCUT2D eigenvalue weighted by Gasteiger charge is -2.30. The van der Waals surface area contributed by atoms with E-state index >= 15 is 0 Å². The third-order valence-corrected chi connectivity index (χ3v) is 4.65. The number of hydrogen-bond acceptors (Lipinski definition) is 2. The molecule has 0 amide bonds. The second kappa shape index (κ2) is 6.69. The second-order valence-electron chi connectivity index (χ2n) is 5.13. The van der Waals surface area contributed by atoms with Crippen molar-refractivity contribution >= 4 is 15.9 Å². The number of halogens is 1. The molecule has 1 aromatic rings. The summed E-state index contributed by atoms with van der Waals surface area (Å²) in [7, 11) is 2.22. The molecule has 2 nitrogen and oxygen atoms in total. The van der Waals surface area contributed by atoms with Crippen molar-refractivity contribution in [2.75, 3.05) is 25.5 Å². The Bertz CT molecular complexity index is 357. The fourth-order valence-electron chi connectivity index (χ4n) is 2.75. The van der Waals surface area contributed by atoms with Gasteiger partial charge in [-0.15, -0.1) is 0 Å². The van der Waals surface area contributed by atoms with Crippen LogP contribution in [0.5, 0.6) is 0 Å². The lowest BCUT2D eigenvalue weighted by Crippen LogP contribution is -2.39. The molecule has 3 heteroatoms. The third kappa shape index (κ3) is 3.34. The van der Waals surface area contributed by atoms with Crippen LogP contribution in [0.25, 0.3) is 0 Å². The molecule has 0 radical (unpaired) electrons. The summed E-state index contributed by atoms with van der Waals surface area (Å²) >= 11 is 3.65. The van der Waals surface area contributed by atoms with Gasteiger partial charge in [0.05, 0.1) is 6.10 Å². The van der Waals surface area contributed by atoms with Gasteiger partial charge in [-0.25, -0.2) is 0 Å². The van der Waals surface area contributed by atoms with Crippen LogP contribution in [0.2, 0.25) is 0 Å². The minimum absolute atomic E-state index is 0.363. The van der Waals surface area contributed by atoms with Crippen LogP contribution in [0.15, 0.2) is 30.3 Å². The molecule has 0 bridgehead atoms. The number of rotatable bonds is 5. The molecule has 1 aliphatic heterocycles. The van der Waals surface area contributed by atoms with Crippen molar-refractivity contribution in [1.82, 2.24) is 4.90 Å². The van der Waals surface area contributed by atoms with Crippen molar-refractivity contribution in [2.45, 2.75) is 31.4 Å². The molecule has 0 N–H and O–H groups in total. The molecule has 0 saturated carbocycles. The Morgan fingerprint density at radius 3 is 2.67 bits per heavy atom. The van der Waals surface area contributed by atoms with E-state index in [-0.39, 0.29) is 0 Å². The van der Waals surface area contributed by atoms with Gasteiger partial charge in [-0.1, -0.05) is 46.3 Å². The zero-order valence-corrected chi connectivity index (χ0v) is 12.8. The highest BCUT2D eigenvalue weighted by Gasteiger charge is 2.29. The normalized spacial score (nSPS) is 25.6. The molecule has 18 heavy (non-hydrogen) atoms. The maximum Gasteiger partial charge on any atom is 0.0702 e. The van der Waals surface area contributed by atoms with E-state index in [4.69, 9.17) is 4.74 Å². The summed E-state index contributed by atoms with van der Waals surface area (Å²) < 4.78 is 5.65. The highest BCUT2D eigenvalue weighted by atomic mass is 79.9. The van der Waals surface area contributed by atoms with E-state index in [0.717, 1.165) is 24.9 Å². The summed E-state index contributed by atoms with van der Waals surface area (Å²) in [6, 6.07) is 11.3. The predicted octanol–water partition coefficient (Wildman–Crippen LogP) is 3.27. The van der Waals surface area contributed by atoms with E-state index in [2.05, 4.69) is 65.1 Å². The van der Waals surface area contributed by atoms with Crippen molar-refractivity contribution in [3.05, 3.63) is 35.9 Å². The largest absolute Gasteiger partial charge is 0.377 e. The van der Waals surface area contributed by atoms with E-state index < -0.39 is 0 Å². The molecular formula is C15H22BrNO. The lowest BCUT2D eigenvalue weighted by atomic mass is 9.99. The molecule has 3 unspecified atom stereocenters. The molecule has 100 valence electrons. The minimum Gasteiger partial charge on any atom is -0.377 e. The quantitative estimate of drug-likeness (QED) is 0.774. The van der Waals surface area contributed by atoms with Gasteiger partial charge in [-0.3, -0.25) is 0 Å². The Morgan fingerprint density at radius 2 is 2.11 bits per heavy atom. The molecule has 0 aliphatic carbocycles. The van der Waals surface area contributed by atoms with Crippen LogP contribution >= 0.6 is 15.9 Å². The smallest absolute Gasteiger partial charge is 0.0702 e. The van der Waals surface area contributed by atoms with Gasteiger partial charge in [-0.05, 0) is 26.0 Å². The first kappa shape index (κ1) is 14.0. The van der Waals surface area contributed by atoms with Crippen molar-refractivity contribution in [1.29, 1.82) is 0 Å². The summed E-state index contributed by atoms with van der Waals surface area (Å²) in [5.41, 5.74) is 1.41. The number of alkyl halides is 1. The standard InChI is InChI=1S/C15H22BrNO/c1-12-15(8-9-18-12)17(2)11-14(10-16)13-6-4-3-5-7-13/h3-7,12,14-15H,8-11H2,1-2H3. The summed E-state index contributed by atoms with van der Waals surface area (Å²) in [6.07, 6.45) is 1.52. The summed E-state index contributed by atoms with van der Waals surface area (Å²) in [5, 5.41) is 1.00. The van der Waals surface area contributed by atoms with Gasteiger partial charge < -0.3 is 9.64 Å². The predicted molar refractivity (Wildman–Crippen MR) is 79.4 cm³/mol. The van der Waals surface area contributed by atoms with Gasteiger partial charge in [-0.2, -0.15) is 0 Å². The molecule has 1 aromatic carbocycles. The maximum absolute atomic E-state index is 5.65. The van der Waals surface area contributed by atoms with Crippen LogP contribution in [0.1, 0.15) is 24.8 Å². The van der Waals surface area contributed by atoms with E-state index in [1.54, 1.807) is 0 Å². The van der Waals surface area contributed by atoms with Crippen molar-refractivity contribution in [3.63, 3.8) is 0 Å². The second-order valence-corrected chi connectivity index (χ2v) is 5.78. The van der Waals surface area contributed by atoms with Gasteiger partial charge in [0.1, 0.15) is 0 Å². The third-order valence-electron chi connectivity index (χ3n) is 3.87. The van der Waals surface area contributed by atoms with Gasteiger partial charge in [0.2, 0.25) is 0 Å². The first-order valence-corrected chi connectivity index (χ1v) is 7.77. The zero-order valence-electron chi connectivity index (χ0n) is 11.2. The Morgan fingerprint density at radius 1 is 1.39 bits per heavy atom. The van der Waals surface area contributed by atoms with Crippen molar-refractivity contribution < 1.29 is 4.74 Å². The van der Waals surface area contributed by atoms with Crippen molar-refractivity contribution in [2.24, 2.45) is 0 Å². The summed E-state index contributed by atoms with van der Waals surface area (Å²) in [5.74, 6) is 0.545. The van der Waals surface area contributed by atoms with Crippen LogP contribution in [-0.4, -0.2) is 42.6 Å². The summed E-state index contributed by atoms with van der Waals surface area (Å²) in [4.78, 5) is 2.45. The average molecular weight is 312 g/mol.